The summed E-state index contributed by atoms with van der Waals surface area (Å²) in [6.45, 7) is 0. The molecule has 0 radical (unpaired) electrons. The number of thioether (sulfide) groups is 1. The normalized spacial score (nSPS) is 11.0. The van der Waals surface area contributed by atoms with E-state index in [1.165, 1.54) is 30.1 Å². The van der Waals surface area contributed by atoms with E-state index in [-0.39, 0.29) is 23.2 Å². The largest absolute Gasteiger partial charge is 0.504 e. The molecular formula is C24H21N5O4S. The Morgan fingerprint density at radius 3 is 2.53 bits per heavy atom. The maximum Gasteiger partial charge on any atom is 0.250 e. The number of phenols is 2. The number of phenolic OH excluding ortho intramolecular Hbond substituents is 2. The van der Waals surface area contributed by atoms with Crippen LogP contribution in [-0.2, 0) is 4.79 Å². The molecule has 0 bridgehead atoms. The Hall–Kier alpha value is -4.31. The third-order valence-electron chi connectivity index (χ3n) is 4.73. The van der Waals surface area contributed by atoms with Crippen molar-refractivity contribution in [3.8, 4) is 34.3 Å². The molecular weight excluding hydrogens is 454 g/mol. The minimum absolute atomic E-state index is 0.0613. The average molecular weight is 476 g/mol. The summed E-state index contributed by atoms with van der Waals surface area (Å²) in [4.78, 5) is 12.3. The van der Waals surface area contributed by atoms with E-state index in [0.29, 0.717) is 16.5 Å². The Morgan fingerprint density at radius 1 is 1.06 bits per heavy atom. The molecule has 10 heteroatoms. The molecule has 0 spiro atoms. The van der Waals surface area contributed by atoms with Crippen LogP contribution in [0.5, 0.6) is 17.2 Å². The fourth-order valence-corrected chi connectivity index (χ4v) is 3.81. The van der Waals surface area contributed by atoms with Crippen molar-refractivity contribution in [1.82, 2.24) is 20.2 Å². The van der Waals surface area contributed by atoms with E-state index in [9.17, 15) is 15.0 Å². The van der Waals surface area contributed by atoms with Crippen LogP contribution in [0.15, 0.2) is 83.1 Å². The molecule has 4 aromatic rings. The molecule has 0 fully saturated rings. The number of nitrogens with one attached hydrogen (secondary N) is 1. The highest BCUT2D eigenvalue weighted by Gasteiger charge is 2.17. The first-order valence-electron chi connectivity index (χ1n) is 10.2. The van der Waals surface area contributed by atoms with Gasteiger partial charge < -0.3 is 14.9 Å². The van der Waals surface area contributed by atoms with E-state index in [4.69, 9.17) is 4.74 Å². The first kappa shape index (κ1) is 22.9. The first-order valence-corrected chi connectivity index (χ1v) is 11.2. The van der Waals surface area contributed by atoms with E-state index in [2.05, 4.69) is 20.7 Å². The van der Waals surface area contributed by atoms with Gasteiger partial charge in [0.05, 0.1) is 19.1 Å². The predicted molar refractivity (Wildman–Crippen MR) is 130 cm³/mol. The van der Waals surface area contributed by atoms with Crippen molar-refractivity contribution in [3.05, 3.63) is 78.4 Å². The Morgan fingerprint density at radius 2 is 1.82 bits per heavy atom. The minimum atomic E-state index is -0.335. The van der Waals surface area contributed by atoms with E-state index >= 15 is 0 Å². The van der Waals surface area contributed by atoms with Crippen LogP contribution in [-0.4, -0.2) is 50.0 Å². The summed E-state index contributed by atoms with van der Waals surface area (Å²) in [5.74, 6) is 0.614. The summed E-state index contributed by atoms with van der Waals surface area (Å²) in [6.07, 6.45) is 1.37. The average Bonchev–Trinajstić information content (AvgIpc) is 3.29. The van der Waals surface area contributed by atoms with Crippen LogP contribution >= 0.6 is 11.8 Å². The fraction of sp³-hybridized carbons (Fsp3) is 0.0833. The fourth-order valence-electron chi connectivity index (χ4n) is 3.06. The van der Waals surface area contributed by atoms with Gasteiger partial charge in [-0.15, -0.1) is 10.2 Å². The molecule has 34 heavy (non-hydrogen) atoms. The lowest BCUT2D eigenvalue weighted by atomic mass is 10.2. The first-order chi connectivity index (χ1) is 16.5. The number of aromatic nitrogens is 3. The number of methoxy groups -OCH3 is 1. The Kier molecular flexibility index (Phi) is 7.09. The second-order valence-corrected chi connectivity index (χ2v) is 7.98. The summed E-state index contributed by atoms with van der Waals surface area (Å²) in [5, 5.41) is 32.0. The summed E-state index contributed by atoms with van der Waals surface area (Å²) >= 11 is 1.23. The van der Waals surface area contributed by atoms with Crippen LogP contribution in [0.25, 0.3) is 17.1 Å². The molecule has 0 saturated carbocycles. The van der Waals surface area contributed by atoms with Gasteiger partial charge in [0.15, 0.2) is 22.5 Å². The molecule has 0 aliphatic rings. The molecule has 0 saturated heterocycles. The third-order valence-corrected chi connectivity index (χ3v) is 5.66. The molecule has 0 aliphatic heterocycles. The number of hydrogen-bond acceptors (Lipinski definition) is 8. The SMILES string of the molecule is COc1ccc(-c2nnc(SCC(=O)N/N=C/c3ccc(O)c(O)c3)n2-c2ccccc2)cc1. The lowest BCUT2D eigenvalue weighted by Crippen LogP contribution is -2.20. The molecule has 0 atom stereocenters. The smallest absolute Gasteiger partial charge is 0.250 e. The van der Waals surface area contributed by atoms with Gasteiger partial charge in [-0.05, 0) is 60.2 Å². The molecule has 172 valence electrons. The van der Waals surface area contributed by atoms with Gasteiger partial charge in [0.2, 0.25) is 0 Å². The topological polar surface area (TPSA) is 122 Å². The van der Waals surface area contributed by atoms with Crippen molar-refractivity contribution >= 4 is 23.9 Å². The number of carbonyl (C=O) groups is 1. The van der Waals surface area contributed by atoms with Crippen LogP contribution in [0.1, 0.15) is 5.56 Å². The van der Waals surface area contributed by atoms with Gasteiger partial charge in [0, 0.05) is 11.3 Å². The zero-order valence-corrected chi connectivity index (χ0v) is 18.9. The molecule has 3 N–H and O–H groups in total. The van der Waals surface area contributed by atoms with Gasteiger partial charge in [0.1, 0.15) is 5.75 Å². The standard InChI is InChI=1S/C24H21N5O4S/c1-33-19-10-8-17(9-11-19)23-27-28-24(29(23)18-5-3-2-4-6-18)34-15-22(32)26-25-14-16-7-12-20(30)21(31)13-16/h2-14,30-31H,15H2,1H3,(H,26,32)/b25-14+. The van der Waals surface area contributed by atoms with Crippen LogP contribution in [0.4, 0.5) is 0 Å². The molecule has 0 unspecified atom stereocenters. The Balaban J connectivity index is 1.49. The zero-order valence-electron chi connectivity index (χ0n) is 18.1. The number of hydrazone groups is 1. The molecule has 9 nitrogen and oxygen atoms in total. The molecule has 3 aromatic carbocycles. The number of nitrogens with zero attached hydrogens (tertiary/aromatic N) is 4. The highest BCUT2D eigenvalue weighted by atomic mass is 32.2. The Labute approximate surface area is 199 Å². The number of para-hydroxylation sites is 1. The third kappa shape index (κ3) is 5.36. The van der Waals surface area contributed by atoms with Crippen LogP contribution < -0.4 is 10.2 Å². The molecule has 1 aromatic heterocycles. The quantitative estimate of drug-likeness (QED) is 0.154. The lowest BCUT2D eigenvalue weighted by Gasteiger charge is -2.10. The lowest BCUT2D eigenvalue weighted by molar-refractivity contribution is -0.118. The van der Waals surface area contributed by atoms with Crippen molar-refractivity contribution in [2.75, 3.05) is 12.9 Å². The van der Waals surface area contributed by atoms with Crippen molar-refractivity contribution in [2.45, 2.75) is 5.16 Å². The maximum absolute atomic E-state index is 12.3. The predicted octanol–water partition coefficient (Wildman–Crippen LogP) is 3.60. The van der Waals surface area contributed by atoms with Gasteiger partial charge >= 0.3 is 0 Å². The van der Waals surface area contributed by atoms with Gasteiger partial charge in [-0.2, -0.15) is 5.10 Å². The second kappa shape index (κ2) is 10.5. The van der Waals surface area contributed by atoms with Gasteiger partial charge in [0.25, 0.3) is 5.91 Å². The highest BCUT2D eigenvalue weighted by Crippen LogP contribution is 2.29. The summed E-state index contributed by atoms with van der Waals surface area (Å²) in [5.41, 5.74) is 4.69. The molecule has 1 heterocycles. The molecule has 0 aliphatic carbocycles. The summed E-state index contributed by atoms with van der Waals surface area (Å²) in [7, 11) is 1.61. The number of hydrogen-bond donors (Lipinski definition) is 3. The number of rotatable bonds is 8. The van der Waals surface area contributed by atoms with Crippen molar-refractivity contribution in [1.29, 1.82) is 0 Å². The number of ether oxygens (including phenoxy) is 1. The highest BCUT2D eigenvalue weighted by molar-refractivity contribution is 7.99. The number of carbonyl (C=O) groups excluding carboxylic acids is 1. The van der Waals surface area contributed by atoms with Crippen LogP contribution in [0.2, 0.25) is 0 Å². The second-order valence-electron chi connectivity index (χ2n) is 7.04. The molecule has 1 amide bonds. The molecule has 4 rings (SSSR count). The van der Waals surface area contributed by atoms with Gasteiger partial charge in [-0.1, -0.05) is 30.0 Å². The van der Waals surface area contributed by atoms with Crippen LogP contribution in [0.3, 0.4) is 0 Å². The maximum atomic E-state index is 12.3. The van der Waals surface area contributed by atoms with E-state index in [0.717, 1.165) is 17.0 Å². The summed E-state index contributed by atoms with van der Waals surface area (Å²) in [6, 6.07) is 21.4. The van der Waals surface area contributed by atoms with E-state index < -0.39 is 0 Å². The minimum Gasteiger partial charge on any atom is -0.504 e. The number of amides is 1. The van der Waals surface area contributed by atoms with Gasteiger partial charge in [-0.25, -0.2) is 5.43 Å². The van der Waals surface area contributed by atoms with Gasteiger partial charge in [-0.3, -0.25) is 9.36 Å². The number of aromatic hydroxyl groups is 2. The van der Waals surface area contributed by atoms with E-state index in [1.807, 2.05) is 59.2 Å². The van der Waals surface area contributed by atoms with Crippen molar-refractivity contribution in [3.63, 3.8) is 0 Å². The zero-order chi connectivity index (χ0) is 23.9. The van der Waals surface area contributed by atoms with Crippen molar-refractivity contribution in [2.24, 2.45) is 5.10 Å². The van der Waals surface area contributed by atoms with Crippen LogP contribution in [0, 0.1) is 0 Å². The van der Waals surface area contributed by atoms with E-state index in [1.54, 1.807) is 13.2 Å². The van der Waals surface area contributed by atoms with Crippen molar-refractivity contribution < 1.29 is 19.7 Å². The monoisotopic (exact) mass is 475 g/mol. The number of benzene rings is 3. The Bertz CT molecular complexity index is 1310. The summed E-state index contributed by atoms with van der Waals surface area (Å²) < 4.78 is 7.13.